The first kappa shape index (κ1) is 14.2. The van der Waals surface area contributed by atoms with Crippen LogP contribution < -0.4 is 0 Å². The molecule has 3 nitrogen and oxygen atoms in total. The van der Waals surface area contributed by atoms with Crippen LogP contribution in [0.5, 0.6) is 0 Å². The van der Waals surface area contributed by atoms with Crippen molar-refractivity contribution in [1.82, 2.24) is 0 Å². The number of aryl methyl sites for hydroxylation is 1. The SMILES string of the molecule is COCCOCCCC1CCc2ccccc2C1=O. The average Bonchev–Trinajstić information content (AvgIpc) is 2.45. The van der Waals surface area contributed by atoms with Gasteiger partial charge in [-0.2, -0.15) is 0 Å². The number of carbonyl (C=O) groups is 1. The lowest BCUT2D eigenvalue weighted by Crippen LogP contribution is -2.22. The zero-order valence-electron chi connectivity index (χ0n) is 11.6. The summed E-state index contributed by atoms with van der Waals surface area (Å²) in [5.74, 6) is 0.500. The summed E-state index contributed by atoms with van der Waals surface area (Å²) in [7, 11) is 1.67. The molecule has 0 radical (unpaired) electrons. The van der Waals surface area contributed by atoms with Crippen LogP contribution >= 0.6 is 0 Å². The number of ether oxygens (including phenoxy) is 2. The molecular formula is C16H22O3. The van der Waals surface area contributed by atoms with Crippen LogP contribution in [0.3, 0.4) is 0 Å². The Morgan fingerprint density at radius 3 is 2.89 bits per heavy atom. The molecule has 0 bridgehead atoms. The van der Waals surface area contributed by atoms with Gasteiger partial charge in [-0.15, -0.1) is 0 Å². The lowest BCUT2D eigenvalue weighted by molar-refractivity contribution is 0.0654. The summed E-state index contributed by atoms with van der Waals surface area (Å²) in [4.78, 5) is 12.3. The molecule has 1 aliphatic rings. The first-order chi connectivity index (χ1) is 9.33. The van der Waals surface area contributed by atoms with Crippen molar-refractivity contribution in [2.24, 2.45) is 5.92 Å². The Kier molecular flexibility index (Phi) is 5.55. The topological polar surface area (TPSA) is 35.5 Å². The van der Waals surface area contributed by atoms with E-state index in [4.69, 9.17) is 9.47 Å². The van der Waals surface area contributed by atoms with Crippen LogP contribution in [0.15, 0.2) is 24.3 Å². The zero-order valence-corrected chi connectivity index (χ0v) is 11.6. The van der Waals surface area contributed by atoms with Crippen LogP contribution in [-0.4, -0.2) is 32.7 Å². The lowest BCUT2D eigenvalue weighted by Gasteiger charge is -2.23. The van der Waals surface area contributed by atoms with E-state index in [1.54, 1.807) is 7.11 Å². The van der Waals surface area contributed by atoms with Gasteiger partial charge in [0, 0.05) is 25.2 Å². The molecule has 0 saturated heterocycles. The molecule has 1 aromatic carbocycles. The molecule has 1 atom stereocenters. The minimum atomic E-state index is 0.181. The van der Waals surface area contributed by atoms with Crippen LogP contribution in [0.1, 0.15) is 35.2 Å². The van der Waals surface area contributed by atoms with Gasteiger partial charge in [0.15, 0.2) is 5.78 Å². The largest absolute Gasteiger partial charge is 0.382 e. The second kappa shape index (κ2) is 7.41. The summed E-state index contributed by atoms with van der Waals surface area (Å²) >= 11 is 0. The molecular weight excluding hydrogens is 240 g/mol. The minimum Gasteiger partial charge on any atom is -0.382 e. The smallest absolute Gasteiger partial charge is 0.166 e. The van der Waals surface area contributed by atoms with Gasteiger partial charge >= 0.3 is 0 Å². The molecule has 1 aliphatic carbocycles. The number of hydrogen-bond acceptors (Lipinski definition) is 3. The Labute approximate surface area is 114 Å². The van der Waals surface area contributed by atoms with Crippen molar-refractivity contribution in [1.29, 1.82) is 0 Å². The van der Waals surface area contributed by atoms with E-state index in [2.05, 4.69) is 6.07 Å². The van der Waals surface area contributed by atoms with Crippen LogP contribution in [0, 0.1) is 5.92 Å². The van der Waals surface area contributed by atoms with Gasteiger partial charge in [-0.3, -0.25) is 4.79 Å². The Morgan fingerprint density at radius 1 is 1.21 bits per heavy atom. The normalized spacial score (nSPS) is 18.4. The maximum Gasteiger partial charge on any atom is 0.166 e. The van der Waals surface area contributed by atoms with Crippen molar-refractivity contribution in [3.63, 3.8) is 0 Å². The van der Waals surface area contributed by atoms with Gasteiger partial charge in [0.2, 0.25) is 0 Å². The maximum atomic E-state index is 12.3. The Bertz CT molecular complexity index is 414. The molecule has 0 amide bonds. The molecule has 0 aromatic heterocycles. The lowest BCUT2D eigenvalue weighted by atomic mass is 9.80. The second-order valence-electron chi connectivity index (χ2n) is 5.00. The molecule has 0 saturated carbocycles. The Hall–Kier alpha value is -1.19. The molecule has 0 aliphatic heterocycles. The Morgan fingerprint density at radius 2 is 2.05 bits per heavy atom. The predicted octanol–water partition coefficient (Wildman–Crippen LogP) is 2.87. The number of hydrogen-bond donors (Lipinski definition) is 0. The molecule has 104 valence electrons. The fourth-order valence-corrected chi connectivity index (χ4v) is 2.61. The van der Waals surface area contributed by atoms with Crippen molar-refractivity contribution < 1.29 is 14.3 Å². The van der Waals surface area contributed by atoms with Crippen LogP contribution in [0.4, 0.5) is 0 Å². The van der Waals surface area contributed by atoms with Crippen molar-refractivity contribution in [2.45, 2.75) is 25.7 Å². The molecule has 1 unspecified atom stereocenters. The van der Waals surface area contributed by atoms with Crippen molar-refractivity contribution >= 4 is 5.78 Å². The van der Waals surface area contributed by atoms with Gasteiger partial charge in [-0.05, 0) is 31.2 Å². The summed E-state index contributed by atoms with van der Waals surface area (Å²) in [6.45, 7) is 1.99. The van der Waals surface area contributed by atoms with Crippen molar-refractivity contribution in [3.8, 4) is 0 Å². The third kappa shape index (κ3) is 3.88. The summed E-state index contributed by atoms with van der Waals surface area (Å²) in [6.07, 6.45) is 3.88. The van der Waals surface area contributed by atoms with E-state index in [0.717, 1.165) is 37.9 Å². The highest BCUT2D eigenvalue weighted by atomic mass is 16.5. The van der Waals surface area contributed by atoms with E-state index in [-0.39, 0.29) is 5.92 Å². The third-order valence-corrected chi connectivity index (χ3v) is 3.69. The number of rotatable bonds is 7. The quantitative estimate of drug-likeness (QED) is 0.709. The second-order valence-corrected chi connectivity index (χ2v) is 5.00. The van der Waals surface area contributed by atoms with Gasteiger partial charge in [0.1, 0.15) is 0 Å². The predicted molar refractivity (Wildman–Crippen MR) is 74.5 cm³/mol. The van der Waals surface area contributed by atoms with Crippen LogP contribution in [0.2, 0.25) is 0 Å². The van der Waals surface area contributed by atoms with Gasteiger partial charge < -0.3 is 9.47 Å². The van der Waals surface area contributed by atoms with Crippen LogP contribution in [0.25, 0.3) is 0 Å². The summed E-state index contributed by atoms with van der Waals surface area (Å²) in [5.41, 5.74) is 2.14. The average molecular weight is 262 g/mol. The monoisotopic (exact) mass is 262 g/mol. The molecule has 0 heterocycles. The molecule has 1 aromatic rings. The van der Waals surface area contributed by atoms with E-state index in [0.29, 0.717) is 19.0 Å². The maximum absolute atomic E-state index is 12.3. The fraction of sp³-hybridized carbons (Fsp3) is 0.562. The van der Waals surface area contributed by atoms with Gasteiger partial charge in [0.05, 0.1) is 13.2 Å². The number of Topliss-reactive ketones (excluding diaryl/α,β-unsaturated/α-hetero) is 1. The first-order valence-electron chi connectivity index (χ1n) is 7.01. The molecule has 0 N–H and O–H groups in total. The number of ketones is 1. The van der Waals surface area contributed by atoms with Gasteiger partial charge in [0.25, 0.3) is 0 Å². The van der Waals surface area contributed by atoms with E-state index >= 15 is 0 Å². The van der Waals surface area contributed by atoms with E-state index in [9.17, 15) is 4.79 Å². The first-order valence-corrected chi connectivity index (χ1v) is 7.01. The Balaban J connectivity index is 1.76. The standard InChI is InChI=1S/C16H22O3/c1-18-11-12-19-10-4-6-14-9-8-13-5-2-3-7-15(13)16(14)17/h2-3,5,7,14H,4,6,8-12H2,1H3. The van der Waals surface area contributed by atoms with Crippen molar-refractivity contribution in [2.75, 3.05) is 26.9 Å². The highest BCUT2D eigenvalue weighted by Gasteiger charge is 2.26. The third-order valence-electron chi connectivity index (χ3n) is 3.69. The molecule has 3 heteroatoms. The van der Waals surface area contributed by atoms with E-state index in [1.165, 1.54) is 5.56 Å². The highest BCUT2D eigenvalue weighted by molar-refractivity contribution is 6.00. The van der Waals surface area contributed by atoms with E-state index in [1.807, 2.05) is 18.2 Å². The number of fused-ring (bicyclic) bond motifs is 1. The number of benzene rings is 1. The number of carbonyl (C=O) groups excluding carboxylic acids is 1. The number of methoxy groups -OCH3 is 1. The van der Waals surface area contributed by atoms with Gasteiger partial charge in [-0.25, -0.2) is 0 Å². The van der Waals surface area contributed by atoms with Crippen molar-refractivity contribution in [3.05, 3.63) is 35.4 Å². The molecule has 0 fully saturated rings. The highest BCUT2D eigenvalue weighted by Crippen LogP contribution is 2.28. The molecule has 2 rings (SSSR count). The summed E-state index contributed by atoms with van der Waals surface area (Å²) < 4.78 is 10.3. The zero-order chi connectivity index (χ0) is 13.5. The van der Waals surface area contributed by atoms with Crippen LogP contribution in [-0.2, 0) is 15.9 Å². The minimum absolute atomic E-state index is 0.181. The summed E-state index contributed by atoms with van der Waals surface area (Å²) in [5, 5.41) is 0. The fourth-order valence-electron chi connectivity index (χ4n) is 2.61. The molecule has 19 heavy (non-hydrogen) atoms. The van der Waals surface area contributed by atoms with Gasteiger partial charge in [-0.1, -0.05) is 24.3 Å². The van der Waals surface area contributed by atoms with E-state index < -0.39 is 0 Å². The molecule has 0 spiro atoms. The summed E-state index contributed by atoms with van der Waals surface area (Å²) in [6, 6.07) is 7.99.